The summed E-state index contributed by atoms with van der Waals surface area (Å²) in [4.78, 5) is 25.1. The Morgan fingerprint density at radius 1 is 1.50 bits per heavy atom. The second kappa shape index (κ2) is 6.47. The van der Waals surface area contributed by atoms with Crippen molar-refractivity contribution >= 4 is 11.8 Å². The predicted octanol–water partition coefficient (Wildman–Crippen LogP) is 0.262. The van der Waals surface area contributed by atoms with E-state index < -0.39 is 6.04 Å². The minimum atomic E-state index is -0.409. The van der Waals surface area contributed by atoms with Crippen LogP contribution in [0.3, 0.4) is 0 Å². The first kappa shape index (κ1) is 14.5. The molecule has 5 nitrogen and oxygen atoms in total. The van der Waals surface area contributed by atoms with E-state index in [0.29, 0.717) is 18.7 Å². The van der Waals surface area contributed by atoms with Crippen molar-refractivity contribution in [3.05, 3.63) is 35.6 Å². The second-order valence-electron chi connectivity index (χ2n) is 4.81. The highest BCUT2D eigenvalue weighted by Gasteiger charge is 2.25. The molecule has 1 unspecified atom stereocenters. The fourth-order valence-corrected chi connectivity index (χ4v) is 2.13. The zero-order valence-electron chi connectivity index (χ0n) is 11.4. The first-order valence-electron chi connectivity index (χ1n) is 6.60. The molecule has 0 aromatic heterocycles. The monoisotopic (exact) mass is 279 g/mol. The van der Waals surface area contributed by atoms with Crippen LogP contribution in [0.15, 0.2) is 24.3 Å². The van der Waals surface area contributed by atoms with Crippen LogP contribution in [0.5, 0.6) is 0 Å². The molecule has 20 heavy (non-hydrogen) atoms. The fourth-order valence-electron chi connectivity index (χ4n) is 2.13. The Morgan fingerprint density at radius 2 is 2.25 bits per heavy atom. The Morgan fingerprint density at radius 3 is 2.95 bits per heavy atom. The summed E-state index contributed by atoms with van der Waals surface area (Å²) < 4.78 is 13.4. The summed E-state index contributed by atoms with van der Waals surface area (Å²) >= 11 is 0. The number of nitrogens with zero attached hydrogens (tertiary/aromatic N) is 1. The van der Waals surface area contributed by atoms with Crippen molar-refractivity contribution in [3.8, 4) is 0 Å². The van der Waals surface area contributed by atoms with Gasteiger partial charge in [0.1, 0.15) is 5.82 Å². The predicted molar refractivity (Wildman–Crippen MR) is 72.3 cm³/mol. The van der Waals surface area contributed by atoms with Crippen molar-refractivity contribution in [1.29, 1.82) is 0 Å². The normalized spacial score (nSPS) is 17.4. The summed E-state index contributed by atoms with van der Waals surface area (Å²) in [7, 11) is 0. The summed E-state index contributed by atoms with van der Waals surface area (Å²) in [5.41, 5.74) is 0.449. The molecule has 0 spiro atoms. The van der Waals surface area contributed by atoms with Crippen molar-refractivity contribution in [2.24, 2.45) is 0 Å². The Balaban J connectivity index is 1.88. The third kappa shape index (κ3) is 3.54. The van der Waals surface area contributed by atoms with E-state index >= 15 is 0 Å². The molecule has 2 amide bonds. The van der Waals surface area contributed by atoms with Gasteiger partial charge in [-0.3, -0.25) is 14.5 Å². The molecule has 1 saturated heterocycles. The molecular weight excluding hydrogens is 261 g/mol. The van der Waals surface area contributed by atoms with Crippen LogP contribution >= 0.6 is 0 Å². The molecule has 108 valence electrons. The maximum absolute atomic E-state index is 13.4. The third-order valence-electron chi connectivity index (χ3n) is 3.41. The largest absolute Gasteiger partial charge is 0.354 e. The highest BCUT2D eigenvalue weighted by molar-refractivity contribution is 5.83. The summed E-state index contributed by atoms with van der Waals surface area (Å²) in [5.74, 6) is -0.620. The van der Waals surface area contributed by atoms with Crippen molar-refractivity contribution in [2.45, 2.75) is 19.5 Å². The van der Waals surface area contributed by atoms with Gasteiger partial charge in [0.15, 0.2) is 0 Å². The van der Waals surface area contributed by atoms with Gasteiger partial charge in [-0.15, -0.1) is 0 Å². The van der Waals surface area contributed by atoms with Crippen LogP contribution in [0, 0.1) is 5.82 Å². The topological polar surface area (TPSA) is 61.4 Å². The number of benzene rings is 1. The van der Waals surface area contributed by atoms with Gasteiger partial charge in [0.25, 0.3) is 0 Å². The number of carbonyl (C=O) groups excluding carboxylic acids is 2. The Labute approximate surface area is 117 Å². The van der Waals surface area contributed by atoms with Gasteiger partial charge in [-0.2, -0.15) is 0 Å². The molecule has 1 aliphatic rings. The first-order valence-corrected chi connectivity index (χ1v) is 6.60. The molecule has 1 aliphatic heterocycles. The number of halogens is 1. The lowest BCUT2D eigenvalue weighted by atomic mass is 10.2. The molecule has 6 heteroatoms. The molecule has 2 rings (SSSR count). The third-order valence-corrected chi connectivity index (χ3v) is 3.41. The summed E-state index contributed by atoms with van der Waals surface area (Å²) in [6.07, 6.45) is 0. The number of rotatable bonds is 4. The summed E-state index contributed by atoms with van der Waals surface area (Å²) in [6, 6.07) is 5.92. The Bertz CT molecular complexity index is 507. The summed E-state index contributed by atoms with van der Waals surface area (Å²) in [6.45, 7) is 3.29. The van der Waals surface area contributed by atoms with Crippen molar-refractivity contribution in [2.75, 3.05) is 19.6 Å². The molecule has 2 N–H and O–H groups in total. The van der Waals surface area contributed by atoms with Crippen molar-refractivity contribution in [1.82, 2.24) is 15.5 Å². The van der Waals surface area contributed by atoms with Gasteiger partial charge in [-0.1, -0.05) is 18.2 Å². The molecule has 0 aliphatic carbocycles. The van der Waals surface area contributed by atoms with E-state index in [2.05, 4.69) is 10.6 Å². The fraction of sp³-hybridized carbons (Fsp3) is 0.429. The van der Waals surface area contributed by atoms with E-state index in [9.17, 15) is 14.0 Å². The molecule has 1 fully saturated rings. The van der Waals surface area contributed by atoms with Gasteiger partial charge in [0.2, 0.25) is 11.8 Å². The molecule has 0 radical (unpaired) electrons. The highest BCUT2D eigenvalue weighted by atomic mass is 19.1. The number of amides is 2. The van der Waals surface area contributed by atoms with Crippen LogP contribution in [-0.2, 0) is 16.1 Å². The molecule has 1 aromatic rings. The average Bonchev–Trinajstić information content (AvgIpc) is 2.45. The van der Waals surface area contributed by atoms with E-state index in [0.717, 1.165) is 0 Å². The van der Waals surface area contributed by atoms with Crippen molar-refractivity contribution in [3.63, 3.8) is 0 Å². The first-order chi connectivity index (χ1) is 9.58. The smallest absolute Gasteiger partial charge is 0.237 e. The van der Waals surface area contributed by atoms with Crippen LogP contribution < -0.4 is 10.6 Å². The van der Waals surface area contributed by atoms with Gasteiger partial charge < -0.3 is 10.6 Å². The molecule has 0 bridgehead atoms. The minimum Gasteiger partial charge on any atom is -0.354 e. The van der Waals surface area contributed by atoms with Gasteiger partial charge in [-0.05, 0) is 13.0 Å². The maximum atomic E-state index is 13.4. The Kier molecular flexibility index (Phi) is 4.68. The SMILES string of the molecule is CC(C(=O)NCc1ccccc1F)N1CCNC(=O)C1. The van der Waals surface area contributed by atoms with Crippen LogP contribution in [-0.4, -0.2) is 42.4 Å². The molecule has 1 aromatic carbocycles. The molecule has 1 atom stereocenters. The van der Waals surface area contributed by atoms with Crippen LogP contribution in [0.4, 0.5) is 4.39 Å². The maximum Gasteiger partial charge on any atom is 0.237 e. The van der Waals surface area contributed by atoms with Crippen LogP contribution in [0.25, 0.3) is 0 Å². The van der Waals surface area contributed by atoms with E-state index in [4.69, 9.17) is 0 Å². The van der Waals surface area contributed by atoms with E-state index in [1.165, 1.54) is 6.07 Å². The van der Waals surface area contributed by atoms with Gasteiger partial charge in [0.05, 0.1) is 12.6 Å². The number of hydrogen-bond acceptors (Lipinski definition) is 3. The highest BCUT2D eigenvalue weighted by Crippen LogP contribution is 2.07. The van der Waals surface area contributed by atoms with E-state index in [1.807, 2.05) is 0 Å². The summed E-state index contributed by atoms with van der Waals surface area (Å²) in [5, 5.41) is 5.41. The lowest BCUT2D eigenvalue weighted by molar-refractivity contribution is -0.130. The lowest BCUT2D eigenvalue weighted by Crippen LogP contribution is -2.54. The number of nitrogens with one attached hydrogen (secondary N) is 2. The number of carbonyl (C=O) groups is 2. The minimum absolute atomic E-state index is 0.0787. The number of piperazine rings is 1. The Hall–Kier alpha value is -1.95. The zero-order valence-corrected chi connectivity index (χ0v) is 11.4. The quantitative estimate of drug-likeness (QED) is 0.831. The molecule has 1 heterocycles. The van der Waals surface area contributed by atoms with E-state index in [1.54, 1.807) is 30.0 Å². The second-order valence-corrected chi connectivity index (χ2v) is 4.81. The standard InChI is InChI=1S/C14H18FN3O2/c1-10(18-7-6-16-13(19)9-18)14(20)17-8-11-4-2-3-5-12(11)15/h2-5,10H,6-9H2,1H3,(H,16,19)(H,17,20). The lowest BCUT2D eigenvalue weighted by Gasteiger charge is -2.31. The molecule has 0 saturated carbocycles. The van der Waals surface area contributed by atoms with Gasteiger partial charge in [-0.25, -0.2) is 4.39 Å². The zero-order chi connectivity index (χ0) is 14.5. The average molecular weight is 279 g/mol. The van der Waals surface area contributed by atoms with Gasteiger partial charge >= 0.3 is 0 Å². The van der Waals surface area contributed by atoms with E-state index in [-0.39, 0.29) is 30.7 Å². The molecular formula is C14H18FN3O2. The number of hydrogen-bond donors (Lipinski definition) is 2. The van der Waals surface area contributed by atoms with Crippen molar-refractivity contribution < 1.29 is 14.0 Å². The van der Waals surface area contributed by atoms with Crippen LogP contribution in [0.2, 0.25) is 0 Å². The van der Waals surface area contributed by atoms with Crippen LogP contribution in [0.1, 0.15) is 12.5 Å². The van der Waals surface area contributed by atoms with Gasteiger partial charge in [0, 0.05) is 25.2 Å².